The Hall–Kier alpha value is -3.29. The van der Waals surface area contributed by atoms with E-state index in [-0.39, 0.29) is 11.0 Å². The van der Waals surface area contributed by atoms with E-state index >= 15 is 0 Å². The highest BCUT2D eigenvalue weighted by Crippen LogP contribution is 2.28. The van der Waals surface area contributed by atoms with Crippen LogP contribution >= 0.6 is 11.8 Å². The highest BCUT2D eigenvalue weighted by Gasteiger charge is 2.17. The smallest absolute Gasteiger partial charge is 0.262 e. The Kier molecular flexibility index (Phi) is 7.77. The van der Waals surface area contributed by atoms with Crippen LogP contribution in [0.3, 0.4) is 0 Å². The molecule has 7 heteroatoms. The van der Waals surface area contributed by atoms with Crippen LogP contribution in [0.5, 0.6) is 5.75 Å². The molecule has 0 atom stereocenters. The van der Waals surface area contributed by atoms with Crippen LogP contribution in [-0.4, -0.2) is 43.0 Å². The monoisotopic (exact) mass is 529 g/mol. The van der Waals surface area contributed by atoms with E-state index in [1.807, 2.05) is 36.4 Å². The lowest BCUT2D eigenvalue weighted by Gasteiger charge is -2.29. The molecule has 0 amide bonds. The van der Waals surface area contributed by atoms with Gasteiger partial charge < -0.3 is 14.4 Å². The van der Waals surface area contributed by atoms with E-state index in [0.717, 1.165) is 46.5 Å². The van der Waals surface area contributed by atoms with Gasteiger partial charge in [0.2, 0.25) is 0 Å². The molecule has 0 radical (unpaired) electrons. The molecule has 38 heavy (non-hydrogen) atoms. The standard InChI is InChI=1S/C31H35N3O3S/c1-31(2,3)24-9-5-23(6-10-24)21-38-30-32-28-14-11-25(33-15-17-37-18-16-33)19-27(28)29(35)34(30)20-22-7-12-26(36-4)13-8-22/h5-14,19H,15-18,20-21H2,1-4H3. The van der Waals surface area contributed by atoms with Crippen molar-refractivity contribution >= 4 is 28.4 Å². The minimum absolute atomic E-state index is 0.0218. The molecule has 1 saturated heterocycles. The molecular formula is C31H35N3O3S. The number of ether oxygens (including phenoxy) is 2. The van der Waals surface area contributed by atoms with Crippen molar-refractivity contribution in [1.82, 2.24) is 9.55 Å². The van der Waals surface area contributed by atoms with E-state index in [1.54, 1.807) is 23.4 Å². The predicted octanol–water partition coefficient (Wildman–Crippen LogP) is 5.88. The Labute approximate surface area is 228 Å². The summed E-state index contributed by atoms with van der Waals surface area (Å²) in [6, 6.07) is 22.6. The highest BCUT2D eigenvalue weighted by molar-refractivity contribution is 7.98. The first-order valence-corrected chi connectivity index (χ1v) is 14.0. The van der Waals surface area contributed by atoms with E-state index in [9.17, 15) is 4.79 Å². The van der Waals surface area contributed by atoms with Gasteiger partial charge in [-0.2, -0.15) is 0 Å². The largest absolute Gasteiger partial charge is 0.497 e. The summed E-state index contributed by atoms with van der Waals surface area (Å²) >= 11 is 1.60. The molecule has 0 unspecified atom stereocenters. The van der Waals surface area contributed by atoms with E-state index in [2.05, 4.69) is 56.0 Å². The third-order valence-corrected chi connectivity index (χ3v) is 8.01. The van der Waals surface area contributed by atoms with Gasteiger partial charge in [0, 0.05) is 24.5 Å². The lowest BCUT2D eigenvalue weighted by molar-refractivity contribution is 0.122. The Balaban J connectivity index is 1.49. The normalized spacial score (nSPS) is 14.2. The van der Waals surface area contributed by atoms with Crippen LogP contribution in [0.1, 0.15) is 37.5 Å². The Bertz CT molecular complexity index is 1450. The highest BCUT2D eigenvalue weighted by atomic mass is 32.2. The zero-order valence-corrected chi connectivity index (χ0v) is 23.4. The molecule has 5 rings (SSSR count). The zero-order valence-electron chi connectivity index (χ0n) is 22.6. The number of nitrogens with zero attached hydrogens (tertiary/aromatic N) is 3. The number of morpholine rings is 1. The first-order chi connectivity index (χ1) is 18.3. The number of benzene rings is 3. The Morgan fingerprint density at radius 1 is 0.947 bits per heavy atom. The summed E-state index contributed by atoms with van der Waals surface area (Å²) in [5.41, 5.74) is 5.39. The minimum atomic E-state index is -0.0218. The maximum Gasteiger partial charge on any atom is 0.262 e. The van der Waals surface area contributed by atoms with Gasteiger partial charge in [-0.3, -0.25) is 9.36 Å². The third kappa shape index (κ3) is 5.89. The fourth-order valence-corrected chi connectivity index (χ4v) is 5.57. The SMILES string of the molecule is COc1ccc(Cn2c(SCc3ccc(C(C)(C)C)cc3)nc3ccc(N4CCOCC4)cc3c2=O)cc1. The molecule has 198 valence electrons. The summed E-state index contributed by atoms with van der Waals surface area (Å²) in [7, 11) is 1.65. The number of anilines is 1. The van der Waals surface area contributed by atoms with Crippen molar-refractivity contribution in [1.29, 1.82) is 0 Å². The van der Waals surface area contributed by atoms with Gasteiger partial charge in [0.1, 0.15) is 5.75 Å². The fourth-order valence-electron chi connectivity index (χ4n) is 4.62. The number of thioether (sulfide) groups is 1. The maximum absolute atomic E-state index is 13.9. The minimum Gasteiger partial charge on any atom is -0.497 e. The average molecular weight is 530 g/mol. The molecule has 0 saturated carbocycles. The maximum atomic E-state index is 13.9. The number of fused-ring (bicyclic) bond motifs is 1. The second kappa shape index (κ2) is 11.2. The quantitative estimate of drug-likeness (QED) is 0.220. The fraction of sp³-hybridized carbons (Fsp3) is 0.355. The topological polar surface area (TPSA) is 56.6 Å². The molecule has 2 heterocycles. The van der Waals surface area contributed by atoms with E-state index in [4.69, 9.17) is 14.5 Å². The van der Waals surface area contributed by atoms with E-state index in [0.29, 0.717) is 25.1 Å². The second-order valence-corrected chi connectivity index (χ2v) is 11.6. The van der Waals surface area contributed by atoms with Crippen molar-refractivity contribution in [2.75, 3.05) is 38.3 Å². The van der Waals surface area contributed by atoms with E-state index < -0.39 is 0 Å². The van der Waals surface area contributed by atoms with Gasteiger partial charge in [-0.25, -0.2) is 4.98 Å². The number of hydrogen-bond donors (Lipinski definition) is 0. The molecule has 3 aromatic carbocycles. The Morgan fingerprint density at radius 2 is 1.63 bits per heavy atom. The summed E-state index contributed by atoms with van der Waals surface area (Å²) in [6.45, 7) is 10.1. The molecule has 1 fully saturated rings. The van der Waals surface area contributed by atoms with Crippen molar-refractivity contribution in [3.8, 4) is 5.75 Å². The molecule has 0 bridgehead atoms. The first-order valence-electron chi connectivity index (χ1n) is 13.0. The van der Waals surface area contributed by atoms with Crippen LogP contribution in [0.25, 0.3) is 10.9 Å². The molecule has 4 aromatic rings. The molecule has 0 aliphatic carbocycles. The first kappa shape index (κ1) is 26.3. The summed E-state index contributed by atoms with van der Waals surface area (Å²) in [5, 5.41) is 1.36. The van der Waals surface area contributed by atoms with Gasteiger partial charge in [-0.1, -0.05) is 68.9 Å². The van der Waals surface area contributed by atoms with Crippen LogP contribution in [0.15, 0.2) is 76.7 Å². The number of aromatic nitrogens is 2. The van der Waals surface area contributed by atoms with Crippen molar-refractivity contribution in [2.24, 2.45) is 0 Å². The average Bonchev–Trinajstić information content (AvgIpc) is 2.94. The molecule has 0 N–H and O–H groups in total. The van der Waals surface area contributed by atoms with Gasteiger partial charge in [0.05, 0.1) is 37.8 Å². The molecule has 1 aromatic heterocycles. The lowest BCUT2D eigenvalue weighted by atomic mass is 9.87. The van der Waals surface area contributed by atoms with Crippen molar-refractivity contribution in [3.63, 3.8) is 0 Å². The summed E-state index contributed by atoms with van der Waals surface area (Å²) in [4.78, 5) is 21.2. The summed E-state index contributed by atoms with van der Waals surface area (Å²) in [6.07, 6.45) is 0. The zero-order chi connectivity index (χ0) is 26.7. The van der Waals surface area contributed by atoms with Crippen LogP contribution < -0.4 is 15.2 Å². The summed E-state index contributed by atoms with van der Waals surface area (Å²) < 4.78 is 12.6. The van der Waals surface area contributed by atoms with Gasteiger partial charge in [0.25, 0.3) is 5.56 Å². The van der Waals surface area contributed by atoms with Crippen LogP contribution in [-0.2, 0) is 22.4 Å². The van der Waals surface area contributed by atoms with Crippen molar-refractivity contribution in [2.45, 2.75) is 43.6 Å². The van der Waals surface area contributed by atoms with Gasteiger partial charge >= 0.3 is 0 Å². The molecular weight excluding hydrogens is 494 g/mol. The third-order valence-electron chi connectivity index (χ3n) is 6.97. The predicted molar refractivity (Wildman–Crippen MR) is 156 cm³/mol. The second-order valence-electron chi connectivity index (χ2n) is 10.7. The summed E-state index contributed by atoms with van der Waals surface area (Å²) in [5.74, 6) is 1.53. The number of rotatable bonds is 7. The van der Waals surface area contributed by atoms with E-state index in [1.165, 1.54) is 11.1 Å². The number of methoxy groups -OCH3 is 1. The Morgan fingerprint density at radius 3 is 2.29 bits per heavy atom. The van der Waals surface area contributed by atoms with Crippen LogP contribution in [0, 0.1) is 0 Å². The van der Waals surface area contributed by atoms with Crippen molar-refractivity contribution < 1.29 is 9.47 Å². The van der Waals surface area contributed by atoms with Gasteiger partial charge in [-0.05, 0) is 52.4 Å². The molecule has 0 spiro atoms. The van der Waals surface area contributed by atoms with Crippen LogP contribution in [0.4, 0.5) is 5.69 Å². The lowest BCUT2D eigenvalue weighted by Crippen LogP contribution is -2.36. The van der Waals surface area contributed by atoms with Crippen LogP contribution in [0.2, 0.25) is 0 Å². The molecule has 1 aliphatic rings. The van der Waals surface area contributed by atoms with Gasteiger partial charge in [-0.15, -0.1) is 0 Å². The number of hydrogen-bond acceptors (Lipinski definition) is 6. The van der Waals surface area contributed by atoms with Gasteiger partial charge in [0.15, 0.2) is 5.16 Å². The molecule has 6 nitrogen and oxygen atoms in total. The van der Waals surface area contributed by atoms with Crippen molar-refractivity contribution in [3.05, 3.63) is 93.8 Å². The molecule has 1 aliphatic heterocycles.